The second kappa shape index (κ2) is 7.90. The highest BCUT2D eigenvalue weighted by atomic mass is 35.5. The number of fused-ring (bicyclic) bond motifs is 1. The first-order valence-corrected chi connectivity index (χ1v) is 9.39. The second-order valence-corrected chi connectivity index (χ2v) is 7.10. The van der Waals surface area contributed by atoms with E-state index in [2.05, 4.69) is 57.5 Å². The van der Waals surface area contributed by atoms with Crippen LogP contribution in [0.5, 0.6) is 0 Å². The first-order valence-electron chi connectivity index (χ1n) is 9.01. The van der Waals surface area contributed by atoms with Crippen molar-refractivity contribution < 1.29 is 0 Å². The molecule has 1 fully saturated rings. The molecule has 0 spiro atoms. The molecule has 4 heteroatoms. The molecule has 132 valence electrons. The van der Waals surface area contributed by atoms with E-state index in [1.807, 2.05) is 30.5 Å². The monoisotopic (exact) mass is 363 g/mol. The Morgan fingerprint density at radius 1 is 0.885 bits per heavy atom. The lowest BCUT2D eigenvalue weighted by molar-refractivity contribution is 0.131. The lowest BCUT2D eigenvalue weighted by atomic mass is 10.0. The van der Waals surface area contributed by atoms with Crippen molar-refractivity contribution in [3.63, 3.8) is 0 Å². The van der Waals surface area contributed by atoms with Gasteiger partial charge >= 0.3 is 0 Å². The van der Waals surface area contributed by atoms with E-state index in [1.54, 1.807) is 0 Å². The van der Waals surface area contributed by atoms with Gasteiger partial charge in [-0.1, -0.05) is 66.2 Å². The number of halogens is 1. The summed E-state index contributed by atoms with van der Waals surface area (Å²) in [6.07, 6.45) is 1.90. The molecule has 0 amide bonds. The van der Waals surface area contributed by atoms with Crippen molar-refractivity contribution in [1.82, 2.24) is 9.91 Å². The number of benzene rings is 3. The highest BCUT2D eigenvalue weighted by molar-refractivity contribution is 6.30. The Morgan fingerprint density at radius 3 is 2.50 bits per heavy atom. The van der Waals surface area contributed by atoms with E-state index in [9.17, 15) is 0 Å². The zero-order chi connectivity index (χ0) is 17.8. The second-order valence-electron chi connectivity index (χ2n) is 6.67. The molecule has 0 bridgehead atoms. The summed E-state index contributed by atoms with van der Waals surface area (Å²) < 4.78 is 0. The standard InChI is InChI=1S/C22H22ClN3/c23-21-9-3-5-18(15-21)16-24-26-13-11-25(12-14-26)17-20-8-4-7-19-6-1-2-10-22(19)20/h1-10,15-16H,11-14,17H2/b24-16+. The molecule has 3 nitrogen and oxygen atoms in total. The van der Waals surface area contributed by atoms with E-state index in [0.717, 1.165) is 43.3 Å². The van der Waals surface area contributed by atoms with Gasteiger partial charge in [-0.15, -0.1) is 0 Å². The lowest BCUT2D eigenvalue weighted by Crippen LogP contribution is -2.43. The quantitative estimate of drug-likeness (QED) is 0.628. The Labute approximate surface area is 159 Å². The summed E-state index contributed by atoms with van der Waals surface area (Å²) in [5.74, 6) is 0. The van der Waals surface area contributed by atoms with Gasteiger partial charge in [0.2, 0.25) is 0 Å². The molecule has 0 unspecified atom stereocenters. The molecule has 1 heterocycles. The van der Waals surface area contributed by atoms with E-state index < -0.39 is 0 Å². The van der Waals surface area contributed by atoms with Gasteiger partial charge in [0, 0.05) is 37.7 Å². The number of hydrogen-bond donors (Lipinski definition) is 0. The molecule has 1 aliphatic rings. The molecular formula is C22H22ClN3. The topological polar surface area (TPSA) is 18.8 Å². The summed E-state index contributed by atoms with van der Waals surface area (Å²) in [5, 5.41) is 10.2. The van der Waals surface area contributed by atoms with Crippen LogP contribution in [0.1, 0.15) is 11.1 Å². The zero-order valence-electron chi connectivity index (χ0n) is 14.7. The maximum atomic E-state index is 6.02. The van der Waals surface area contributed by atoms with E-state index >= 15 is 0 Å². The van der Waals surface area contributed by atoms with Crippen LogP contribution < -0.4 is 0 Å². The van der Waals surface area contributed by atoms with Gasteiger partial charge in [-0.25, -0.2) is 0 Å². The van der Waals surface area contributed by atoms with Crippen molar-refractivity contribution in [2.75, 3.05) is 26.2 Å². The molecule has 3 aromatic carbocycles. The van der Waals surface area contributed by atoms with Crippen LogP contribution in [0.25, 0.3) is 10.8 Å². The van der Waals surface area contributed by atoms with Crippen LogP contribution in [-0.4, -0.2) is 42.3 Å². The van der Waals surface area contributed by atoms with Gasteiger partial charge < -0.3 is 0 Å². The molecule has 0 radical (unpaired) electrons. The Kier molecular flexibility index (Phi) is 5.19. The lowest BCUT2D eigenvalue weighted by Gasteiger charge is -2.33. The smallest absolute Gasteiger partial charge is 0.0543 e. The normalized spacial score (nSPS) is 15.8. The summed E-state index contributed by atoms with van der Waals surface area (Å²) in [6.45, 7) is 4.93. The predicted octanol–water partition coefficient (Wildman–Crippen LogP) is 4.64. The highest BCUT2D eigenvalue weighted by Crippen LogP contribution is 2.20. The van der Waals surface area contributed by atoms with Crippen LogP contribution in [0.3, 0.4) is 0 Å². The number of piperazine rings is 1. The van der Waals surface area contributed by atoms with Crippen LogP contribution in [-0.2, 0) is 6.54 Å². The van der Waals surface area contributed by atoms with Crippen molar-refractivity contribution in [1.29, 1.82) is 0 Å². The van der Waals surface area contributed by atoms with Gasteiger partial charge in [-0.05, 0) is 34.0 Å². The van der Waals surface area contributed by atoms with Gasteiger partial charge in [-0.2, -0.15) is 5.10 Å². The first-order chi connectivity index (χ1) is 12.8. The molecular weight excluding hydrogens is 342 g/mol. The Balaban J connectivity index is 1.36. The average Bonchev–Trinajstić information content (AvgIpc) is 2.68. The molecule has 1 aliphatic heterocycles. The SMILES string of the molecule is Clc1cccc(/C=N/N2CCN(Cc3cccc4ccccc34)CC2)c1. The first kappa shape index (κ1) is 17.1. The van der Waals surface area contributed by atoms with Crippen molar-refractivity contribution >= 4 is 28.6 Å². The van der Waals surface area contributed by atoms with Crippen LogP contribution in [0, 0.1) is 0 Å². The number of hydrazone groups is 1. The molecule has 0 N–H and O–H groups in total. The molecule has 3 aromatic rings. The molecule has 4 rings (SSSR count). The fourth-order valence-electron chi connectivity index (χ4n) is 3.42. The molecule has 1 saturated heterocycles. The molecule has 0 aliphatic carbocycles. The third kappa shape index (κ3) is 4.06. The van der Waals surface area contributed by atoms with Crippen molar-refractivity contribution in [2.45, 2.75) is 6.54 Å². The van der Waals surface area contributed by atoms with Gasteiger partial charge in [0.05, 0.1) is 6.21 Å². The zero-order valence-corrected chi connectivity index (χ0v) is 15.4. The number of nitrogens with zero attached hydrogens (tertiary/aromatic N) is 3. The van der Waals surface area contributed by atoms with Crippen LogP contribution in [0.4, 0.5) is 0 Å². The van der Waals surface area contributed by atoms with Gasteiger partial charge in [0.15, 0.2) is 0 Å². The largest absolute Gasteiger partial charge is 0.295 e. The Morgan fingerprint density at radius 2 is 1.65 bits per heavy atom. The fourth-order valence-corrected chi connectivity index (χ4v) is 3.62. The van der Waals surface area contributed by atoms with Crippen LogP contribution in [0.2, 0.25) is 5.02 Å². The summed E-state index contributed by atoms with van der Waals surface area (Å²) in [4.78, 5) is 2.51. The minimum Gasteiger partial charge on any atom is -0.295 e. The van der Waals surface area contributed by atoms with E-state index in [0.29, 0.717) is 0 Å². The third-order valence-electron chi connectivity index (χ3n) is 4.84. The Hall–Kier alpha value is -2.36. The van der Waals surface area contributed by atoms with Gasteiger partial charge in [-0.3, -0.25) is 9.91 Å². The van der Waals surface area contributed by atoms with E-state index in [4.69, 9.17) is 11.6 Å². The van der Waals surface area contributed by atoms with Gasteiger partial charge in [0.1, 0.15) is 0 Å². The predicted molar refractivity (Wildman–Crippen MR) is 110 cm³/mol. The van der Waals surface area contributed by atoms with Crippen LogP contribution in [0.15, 0.2) is 71.8 Å². The maximum Gasteiger partial charge on any atom is 0.0543 e. The summed E-state index contributed by atoms with van der Waals surface area (Å²) in [6, 6.07) is 23.0. The molecule has 0 atom stereocenters. The number of hydrogen-bond acceptors (Lipinski definition) is 3. The highest BCUT2D eigenvalue weighted by Gasteiger charge is 2.16. The van der Waals surface area contributed by atoms with Gasteiger partial charge in [0.25, 0.3) is 0 Å². The van der Waals surface area contributed by atoms with Crippen molar-refractivity contribution in [2.24, 2.45) is 5.10 Å². The van der Waals surface area contributed by atoms with Crippen LogP contribution >= 0.6 is 11.6 Å². The summed E-state index contributed by atoms with van der Waals surface area (Å²) >= 11 is 6.02. The molecule has 0 aromatic heterocycles. The Bertz CT molecular complexity index is 909. The fraction of sp³-hybridized carbons (Fsp3) is 0.227. The number of rotatable bonds is 4. The minimum absolute atomic E-state index is 0.744. The van der Waals surface area contributed by atoms with E-state index in [-0.39, 0.29) is 0 Å². The average molecular weight is 364 g/mol. The summed E-state index contributed by atoms with van der Waals surface area (Å²) in [7, 11) is 0. The van der Waals surface area contributed by atoms with Crippen molar-refractivity contribution in [3.8, 4) is 0 Å². The van der Waals surface area contributed by atoms with E-state index in [1.165, 1.54) is 16.3 Å². The minimum atomic E-state index is 0.744. The molecule has 26 heavy (non-hydrogen) atoms. The third-order valence-corrected chi connectivity index (χ3v) is 5.08. The maximum absolute atomic E-state index is 6.02. The molecule has 0 saturated carbocycles. The van der Waals surface area contributed by atoms with Crippen molar-refractivity contribution in [3.05, 3.63) is 82.9 Å². The summed E-state index contributed by atoms with van der Waals surface area (Å²) in [5.41, 5.74) is 2.44.